The Morgan fingerprint density at radius 2 is 2.27 bits per heavy atom. The number of carboxylic acid groups (broad SMARTS) is 1. The van der Waals surface area contributed by atoms with Crippen LogP contribution in [0.4, 0.5) is 0 Å². The number of carbonyl (C=O) groups is 2. The number of carbonyl (C=O) groups excluding carboxylic acids is 1. The van der Waals surface area contributed by atoms with Crippen LogP contribution in [-0.4, -0.2) is 36.2 Å². The molecule has 1 saturated carbocycles. The molecule has 5 nitrogen and oxygen atoms in total. The normalized spacial score (nSPS) is 28.5. The third kappa shape index (κ3) is 2.28. The molecule has 1 rings (SSSR count). The fourth-order valence-corrected chi connectivity index (χ4v) is 1.58. The minimum absolute atomic E-state index is 0.323. The van der Waals surface area contributed by atoms with Crippen LogP contribution in [0.5, 0.6) is 0 Å². The van der Waals surface area contributed by atoms with E-state index < -0.39 is 23.4 Å². The molecule has 1 fully saturated rings. The lowest BCUT2D eigenvalue weighted by Gasteiger charge is -2.10. The van der Waals surface area contributed by atoms with Gasteiger partial charge < -0.3 is 15.2 Å². The summed E-state index contributed by atoms with van der Waals surface area (Å²) >= 11 is 0. The zero-order chi connectivity index (χ0) is 11.5. The van der Waals surface area contributed by atoms with Crippen molar-refractivity contribution in [2.24, 2.45) is 5.92 Å². The predicted octanol–water partition coefficient (Wildman–Crippen LogP) is 0.392. The molecule has 0 spiro atoms. The summed E-state index contributed by atoms with van der Waals surface area (Å²) in [6.07, 6.45) is 2.09. The van der Waals surface area contributed by atoms with E-state index in [0.717, 1.165) is 12.8 Å². The van der Waals surface area contributed by atoms with Crippen molar-refractivity contribution in [3.63, 3.8) is 0 Å². The van der Waals surface area contributed by atoms with Gasteiger partial charge in [-0.15, -0.1) is 0 Å². The fourth-order valence-electron chi connectivity index (χ4n) is 1.58. The first kappa shape index (κ1) is 12.0. The Morgan fingerprint density at radius 1 is 1.60 bits per heavy atom. The molecule has 0 aromatic rings. The maximum Gasteiger partial charge on any atom is 0.324 e. The first-order chi connectivity index (χ1) is 7.08. The minimum atomic E-state index is -1.08. The Balaban J connectivity index is 2.41. The summed E-state index contributed by atoms with van der Waals surface area (Å²) in [5.41, 5.74) is -1.08. The molecule has 1 aliphatic carbocycles. The first-order valence-corrected chi connectivity index (χ1v) is 5.17. The van der Waals surface area contributed by atoms with Crippen LogP contribution < -0.4 is 5.32 Å². The van der Waals surface area contributed by atoms with Gasteiger partial charge in [0.2, 0.25) is 0 Å². The molecule has 1 aliphatic rings. The maximum absolute atomic E-state index is 11.4. The summed E-state index contributed by atoms with van der Waals surface area (Å²) in [5.74, 6) is -1.92. The zero-order valence-electron chi connectivity index (χ0n) is 9.08. The van der Waals surface area contributed by atoms with Crippen molar-refractivity contribution in [3.8, 4) is 0 Å². The van der Waals surface area contributed by atoms with Crippen molar-refractivity contribution in [2.45, 2.75) is 31.7 Å². The minimum Gasteiger partial charge on any atom is -0.480 e. The quantitative estimate of drug-likeness (QED) is 0.495. The van der Waals surface area contributed by atoms with E-state index in [0.29, 0.717) is 13.0 Å². The molecular formula is C10H17NO4. The summed E-state index contributed by atoms with van der Waals surface area (Å²) in [5, 5.41) is 11.6. The molecule has 0 radical (unpaired) electrons. The van der Waals surface area contributed by atoms with Crippen molar-refractivity contribution < 1.29 is 19.4 Å². The predicted molar refractivity (Wildman–Crippen MR) is 53.4 cm³/mol. The number of hydrogen-bond acceptors (Lipinski definition) is 4. The lowest BCUT2D eigenvalue weighted by molar-refractivity contribution is -0.150. The topological polar surface area (TPSA) is 75.6 Å². The van der Waals surface area contributed by atoms with E-state index in [1.54, 1.807) is 7.05 Å². The van der Waals surface area contributed by atoms with Crippen molar-refractivity contribution in [1.82, 2.24) is 5.32 Å². The van der Waals surface area contributed by atoms with Gasteiger partial charge in [0.1, 0.15) is 5.54 Å². The lowest BCUT2D eigenvalue weighted by Crippen LogP contribution is -2.40. The van der Waals surface area contributed by atoms with E-state index in [-0.39, 0.29) is 0 Å². The molecular weight excluding hydrogens is 198 g/mol. The molecule has 0 aromatic heterocycles. The Labute approximate surface area is 88.8 Å². The standard InChI is InChI=1S/C10H17NO4/c1-3-4-5-15-8(12)7-6-10(7,11-2)9(13)14/h7,11H,3-6H2,1-2H3,(H,13,14). The van der Waals surface area contributed by atoms with Crippen LogP contribution in [0.2, 0.25) is 0 Å². The summed E-state index contributed by atoms with van der Waals surface area (Å²) in [4.78, 5) is 22.3. The highest BCUT2D eigenvalue weighted by Crippen LogP contribution is 2.44. The number of aliphatic carboxylic acids is 1. The Morgan fingerprint density at radius 3 is 2.67 bits per heavy atom. The van der Waals surface area contributed by atoms with E-state index in [4.69, 9.17) is 9.84 Å². The Kier molecular flexibility index (Phi) is 3.68. The van der Waals surface area contributed by atoms with Crippen LogP contribution in [0.25, 0.3) is 0 Å². The SMILES string of the molecule is CCCCOC(=O)C1CC1(NC)C(=O)O. The van der Waals surface area contributed by atoms with Crippen LogP contribution in [0.1, 0.15) is 26.2 Å². The molecule has 86 valence electrons. The molecule has 0 saturated heterocycles. The molecule has 15 heavy (non-hydrogen) atoms. The fraction of sp³-hybridized carbons (Fsp3) is 0.800. The number of hydrogen-bond donors (Lipinski definition) is 2. The highest BCUT2D eigenvalue weighted by atomic mass is 16.5. The highest BCUT2D eigenvalue weighted by Gasteiger charge is 2.64. The van der Waals surface area contributed by atoms with Crippen LogP contribution in [0.3, 0.4) is 0 Å². The van der Waals surface area contributed by atoms with Gasteiger partial charge in [0, 0.05) is 0 Å². The van der Waals surface area contributed by atoms with Gasteiger partial charge in [-0.25, -0.2) is 0 Å². The molecule has 0 amide bonds. The van der Waals surface area contributed by atoms with Gasteiger partial charge in [-0.3, -0.25) is 9.59 Å². The van der Waals surface area contributed by atoms with Crippen molar-refractivity contribution in [3.05, 3.63) is 0 Å². The summed E-state index contributed by atoms with van der Waals surface area (Å²) < 4.78 is 4.97. The van der Waals surface area contributed by atoms with Gasteiger partial charge in [0.05, 0.1) is 12.5 Å². The van der Waals surface area contributed by atoms with Crippen LogP contribution in [0.15, 0.2) is 0 Å². The van der Waals surface area contributed by atoms with Gasteiger partial charge in [-0.05, 0) is 19.9 Å². The van der Waals surface area contributed by atoms with E-state index in [2.05, 4.69) is 5.32 Å². The van der Waals surface area contributed by atoms with Crippen LogP contribution in [0, 0.1) is 5.92 Å². The largest absolute Gasteiger partial charge is 0.480 e. The monoisotopic (exact) mass is 215 g/mol. The smallest absolute Gasteiger partial charge is 0.324 e. The molecule has 2 N–H and O–H groups in total. The number of rotatable bonds is 6. The average molecular weight is 215 g/mol. The van der Waals surface area contributed by atoms with Crippen molar-refractivity contribution in [1.29, 1.82) is 0 Å². The second-order valence-electron chi connectivity index (χ2n) is 3.80. The second kappa shape index (κ2) is 4.61. The highest BCUT2D eigenvalue weighted by molar-refractivity contribution is 5.93. The molecule has 0 bridgehead atoms. The van der Waals surface area contributed by atoms with Gasteiger partial charge in [-0.2, -0.15) is 0 Å². The molecule has 0 heterocycles. The maximum atomic E-state index is 11.4. The third-order valence-corrected chi connectivity index (χ3v) is 2.82. The molecule has 2 unspecified atom stereocenters. The Hall–Kier alpha value is -1.10. The van der Waals surface area contributed by atoms with E-state index in [1.165, 1.54) is 0 Å². The first-order valence-electron chi connectivity index (χ1n) is 5.17. The number of nitrogens with one attached hydrogen (secondary N) is 1. The van der Waals surface area contributed by atoms with E-state index in [9.17, 15) is 9.59 Å². The second-order valence-corrected chi connectivity index (χ2v) is 3.80. The summed E-state index contributed by atoms with van der Waals surface area (Å²) in [6.45, 7) is 2.38. The number of esters is 1. The van der Waals surface area contributed by atoms with Gasteiger partial charge >= 0.3 is 11.9 Å². The summed E-state index contributed by atoms with van der Waals surface area (Å²) in [6, 6.07) is 0. The van der Waals surface area contributed by atoms with Gasteiger partial charge in [0.15, 0.2) is 0 Å². The Bertz CT molecular complexity index is 266. The number of carboxylic acids is 1. The van der Waals surface area contributed by atoms with Crippen molar-refractivity contribution in [2.75, 3.05) is 13.7 Å². The lowest BCUT2D eigenvalue weighted by atomic mass is 10.2. The van der Waals surface area contributed by atoms with Gasteiger partial charge in [-0.1, -0.05) is 13.3 Å². The van der Waals surface area contributed by atoms with Gasteiger partial charge in [0.25, 0.3) is 0 Å². The van der Waals surface area contributed by atoms with E-state index >= 15 is 0 Å². The van der Waals surface area contributed by atoms with Crippen LogP contribution in [-0.2, 0) is 14.3 Å². The zero-order valence-corrected chi connectivity index (χ0v) is 9.08. The number of unbranched alkanes of at least 4 members (excludes halogenated alkanes) is 1. The van der Waals surface area contributed by atoms with Crippen molar-refractivity contribution >= 4 is 11.9 Å². The molecule has 2 atom stereocenters. The molecule has 0 aromatic carbocycles. The van der Waals surface area contributed by atoms with E-state index in [1.807, 2.05) is 6.92 Å². The third-order valence-electron chi connectivity index (χ3n) is 2.82. The molecule has 5 heteroatoms. The summed E-state index contributed by atoms with van der Waals surface area (Å²) in [7, 11) is 1.55. The number of likely N-dealkylation sites (N-methyl/N-ethyl adjacent to an activating group) is 1. The average Bonchev–Trinajstić information content (AvgIpc) is 2.94. The van der Waals surface area contributed by atoms with Crippen LogP contribution >= 0.6 is 0 Å². The number of ether oxygens (including phenoxy) is 1. The molecule has 0 aliphatic heterocycles.